The van der Waals surface area contributed by atoms with Gasteiger partial charge in [0.25, 0.3) is 10.0 Å². The Balaban J connectivity index is 2.39. The van der Waals surface area contributed by atoms with Crippen molar-refractivity contribution >= 4 is 21.0 Å². The van der Waals surface area contributed by atoms with Gasteiger partial charge in [-0.2, -0.15) is 0 Å². The monoisotopic (exact) mass is 271 g/mol. The molecule has 0 unspecified atom stereocenters. The van der Waals surface area contributed by atoms with Crippen LogP contribution in [0.15, 0.2) is 41.3 Å². The molecule has 0 aromatic heterocycles. The van der Waals surface area contributed by atoms with Gasteiger partial charge in [0.05, 0.1) is 10.6 Å². The molecule has 1 heterocycles. The van der Waals surface area contributed by atoms with Crippen LogP contribution in [-0.4, -0.2) is 28.6 Å². The summed E-state index contributed by atoms with van der Waals surface area (Å²) in [4.78, 5) is 0.187. The fourth-order valence-corrected chi connectivity index (χ4v) is 4.55. The molecule has 0 saturated carbocycles. The van der Waals surface area contributed by atoms with E-state index in [9.17, 15) is 12.6 Å². The molecule has 0 amide bonds. The van der Waals surface area contributed by atoms with Crippen molar-refractivity contribution in [1.82, 2.24) is 3.71 Å². The van der Waals surface area contributed by atoms with E-state index in [0.717, 1.165) is 9.27 Å². The van der Waals surface area contributed by atoms with Crippen LogP contribution >= 0.6 is 0 Å². The van der Waals surface area contributed by atoms with Crippen LogP contribution in [0.1, 0.15) is 5.56 Å². The van der Waals surface area contributed by atoms with Gasteiger partial charge in [-0.1, -0.05) is 29.8 Å². The summed E-state index contributed by atoms with van der Waals surface area (Å²) < 4.78 is 37.1. The molecule has 6 heteroatoms. The van der Waals surface area contributed by atoms with Crippen LogP contribution in [0.4, 0.5) is 0 Å². The highest BCUT2D eigenvalue weighted by atomic mass is 32.3. The second-order valence-corrected chi connectivity index (χ2v) is 7.27. The van der Waals surface area contributed by atoms with Crippen molar-refractivity contribution in [2.24, 2.45) is 0 Å². The van der Waals surface area contributed by atoms with Crippen molar-refractivity contribution < 1.29 is 12.6 Å². The summed E-state index contributed by atoms with van der Waals surface area (Å²) in [6.45, 7) is 2.06. The molecule has 1 aromatic carbocycles. The van der Waals surface area contributed by atoms with Crippen molar-refractivity contribution in [1.29, 1.82) is 0 Å². The third kappa shape index (κ3) is 2.48. The predicted molar refractivity (Wildman–Crippen MR) is 67.2 cm³/mol. The summed E-state index contributed by atoms with van der Waals surface area (Å²) in [5.74, 6) is 0.255. The van der Waals surface area contributed by atoms with E-state index < -0.39 is 21.0 Å². The van der Waals surface area contributed by atoms with Crippen LogP contribution < -0.4 is 0 Å². The zero-order valence-corrected chi connectivity index (χ0v) is 11.0. The zero-order valence-electron chi connectivity index (χ0n) is 9.37. The Bertz CT molecular complexity index is 561. The largest absolute Gasteiger partial charge is 0.254 e. The molecule has 0 spiro atoms. The minimum absolute atomic E-state index is 0.169. The van der Waals surface area contributed by atoms with E-state index in [0.29, 0.717) is 0 Å². The Morgan fingerprint density at radius 3 is 2.41 bits per heavy atom. The molecule has 4 nitrogen and oxygen atoms in total. The molecular weight excluding hydrogens is 258 g/mol. The highest BCUT2D eigenvalue weighted by Gasteiger charge is 2.29. The van der Waals surface area contributed by atoms with Crippen LogP contribution in [0.5, 0.6) is 0 Å². The van der Waals surface area contributed by atoms with Crippen LogP contribution in [0.3, 0.4) is 0 Å². The van der Waals surface area contributed by atoms with Gasteiger partial charge in [-0.25, -0.2) is 12.6 Å². The van der Waals surface area contributed by atoms with Gasteiger partial charge in [0.2, 0.25) is 0 Å². The minimum atomic E-state index is -3.65. The predicted octanol–water partition coefficient (Wildman–Crippen LogP) is 1.22. The highest BCUT2D eigenvalue weighted by molar-refractivity contribution is 8.01. The number of nitrogens with zero attached hydrogens (tertiary/aromatic N) is 1. The van der Waals surface area contributed by atoms with Gasteiger partial charge in [-0.15, -0.1) is 3.71 Å². The smallest absolute Gasteiger partial charge is 0.241 e. The fraction of sp³-hybridized carbons (Fsp3) is 0.273. The maximum Gasteiger partial charge on any atom is 0.254 e. The van der Waals surface area contributed by atoms with Gasteiger partial charge in [0.15, 0.2) is 0 Å². The molecule has 0 N–H and O–H groups in total. The maximum atomic E-state index is 12.2. The van der Waals surface area contributed by atoms with Crippen molar-refractivity contribution in [3.63, 3.8) is 0 Å². The summed E-state index contributed by atoms with van der Waals surface area (Å²) in [6, 6.07) is 6.55. The minimum Gasteiger partial charge on any atom is -0.241 e. The molecule has 0 aliphatic carbocycles. The lowest BCUT2D eigenvalue weighted by Gasteiger charge is -2.21. The van der Waals surface area contributed by atoms with Crippen molar-refractivity contribution in [3.05, 3.63) is 42.0 Å². The molecule has 92 valence electrons. The van der Waals surface area contributed by atoms with E-state index in [1.807, 2.05) is 6.92 Å². The molecule has 1 aliphatic heterocycles. The number of benzene rings is 1. The Morgan fingerprint density at radius 2 is 1.82 bits per heavy atom. The maximum absolute atomic E-state index is 12.2. The van der Waals surface area contributed by atoms with Gasteiger partial charge < -0.3 is 0 Å². The zero-order chi connectivity index (χ0) is 12.5. The van der Waals surface area contributed by atoms with E-state index in [1.54, 1.807) is 36.4 Å². The normalized spacial score (nSPS) is 21.6. The number of hydrogen-bond donors (Lipinski definition) is 0. The van der Waals surface area contributed by atoms with Crippen LogP contribution in [0, 0.1) is 6.92 Å². The third-order valence-corrected chi connectivity index (χ3v) is 6.20. The highest BCUT2D eigenvalue weighted by Crippen LogP contribution is 2.19. The molecule has 0 bridgehead atoms. The first-order valence-corrected chi connectivity index (χ1v) is 7.86. The van der Waals surface area contributed by atoms with E-state index in [2.05, 4.69) is 0 Å². The Kier molecular flexibility index (Phi) is 3.46. The topological polar surface area (TPSA) is 54.5 Å². The van der Waals surface area contributed by atoms with Gasteiger partial charge in [-0.3, -0.25) is 0 Å². The Hall–Kier alpha value is -0.980. The quantitative estimate of drug-likeness (QED) is 0.760. The molecule has 1 aromatic rings. The summed E-state index contributed by atoms with van der Waals surface area (Å²) in [5, 5.41) is 0. The van der Waals surface area contributed by atoms with Crippen molar-refractivity contribution in [2.45, 2.75) is 11.8 Å². The van der Waals surface area contributed by atoms with Crippen LogP contribution in [-0.2, 0) is 21.0 Å². The summed E-state index contributed by atoms with van der Waals surface area (Å²) in [6.07, 6.45) is 3.45. The SMILES string of the molecule is Cc1ccc(S(=O)(=O)N2CC=CC[S@]2=O)cc1. The number of aryl methyl sites for hydroxylation is 1. The average molecular weight is 271 g/mol. The average Bonchev–Trinajstić information content (AvgIpc) is 2.30. The Morgan fingerprint density at radius 1 is 1.18 bits per heavy atom. The van der Waals surface area contributed by atoms with Gasteiger partial charge in [0, 0.05) is 6.54 Å². The Labute approximate surface area is 104 Å². The number of rotatable bonds is 2. The summed E-state index contributed by atoms with van der Waals surface area (Å²) in [5.41, 5.74) is 0.989. The standard InChI is InChI=1S/C11H13NO3S2/c1-10-4-6-11(7-5-10)17(14,15)12-8-2-3-9-16(12)13/h2-7H,8-9H2,1H3/t16-/m1/s1. The second kappa shape index (κ2) is 4.72. The molecular formula is C11H13NO3S2. The molecule has 17 heavy (non-hydrogen) atoms. The van der Waals surface area contributed by atoms with Crippen LogP contribution in [0.2, 0.25) is 0 Å². The third-order valence-electron chi connectivity index (χ3n) is 2.47. The van der Waals surface area contributed by atoms with Gasteiger partial charge >= 0.3 is 0 Å². The summed E-state index contributed by atoms with van der Waals surface area (Å²) in [7, 11) is -5.14. The lowest BCUT2D eigenvalue weighted by Crippen LogP contribution is -2.36. The lowest BCUT2D eigenvalue weighted by molar-refractivity contribution is 0.543. The second-order valence-electron chi connectivity index (χ2n) is 3.76. The molecule has 0 saturated heterocycles. The molecule has 0 fully saturated rings. The van der Waals surface area contributed by atoms with E-state index >= 15 is 0 Å². The molecule has 1 atom stereocenters. The first kappa shape index (κ1) is 12.5. The number of sulfonamides is 1. The summed E-state index contributed by atoms with van der Waals surface area (Å²) >= 11 is 0. The molecule has 1 aliphatic rings. The number of hydrogen-bond acceptors (Lipinski definition) is 3. The van der Waals surface area contributed by atoms with E-state index in [1.165, 1.54) is 0 Å². The fourth-order valence-electron chi connectivity index (χ4n) is 1.51. The van der Waals surface area contributed by atoms with E-state index in [4.69, 9.17) is 0 Å². The lowest BCUT2D eigenvalue weighted by atomic mass is 10.2. The van der Waals surface area contributed by atoms with E-state index in [-0.39, 0.29) is 17.2 Å². The molecule has 0 radical (unpaired) electrons. The van der Waals surface area contributed by atoms with Crippen molar-refractivity contribution in [2.75, 3.05) is 12.3 Å². The first-order chi connectivity index (χ1) is 8.01. The van der Waals surface area contributed by atoms with Crippen molar-refractivity contribution in [3.8, 4) is 0 Å². The first-order valence-electron chi connectivity index (χ1n) is 5.15. The van der Waals surface area contributed by atoms with Gasteiger partial charge in [-0.05, 0) is 19.1 Å². The molecule has 2 rings (SSSR count). The van der Waals surface area contributed by atoms with Gasteiger partial charge in [0.1, 0.15) is 11.0 Å². The van der Waals surface area contributed by atoms with Crippen LogP contribution in [0.25, 0.3) is 0 Å².